The molecule has 0 spiro atoms. The molecule has 0 aliphatic heterocycles. The smallest absolute Gasteiger partial charge is 0.280 e. The van der Waals surface area contributed by atoms with Gasteiger partial charge in [0.25, 0.3) is 11.6 Å². The highest BCUT2D eigenvalue weighted by Gasteiger charge is 2.17. The minimum absolute atomic E-state index is 0.117. The van der Waals surface area contributed by atoms with Crippen LogP contribution in [0.3, 0.4) is 0 Å². The van der Waals surface area contributed by atoms with Crippen molar-refractivity contribution < 1.29 is 18.9 Å². The molecule has 2 aromatic carbocycles. The normalized spacial score (nSPS) is 10.8. The Morgan fingerprint density at radius 2 is 1.68 bits per heavy atom. The SMILES string of the molecule is CC(=O)Nc1ccc(NC(=O)C(C#N)=Cc2ccc(-c3ccccc3[N+](=O)[O-])o2)cc1. The number of benzene rings is 2. The number of nitriles is 1. The average molecular weight is 416 g/mol. The van der Waals surface area contributed by atoms with E-state index in [-0.39, 0.29) is 34.3 Å². The fourth-order valence-corrected chi connectivity index (χ4v) is 2.75. The molecule has 0 bridgehead atoms. The number of anilines is 2. The number of nitrogens with one attached hydrogen (secondary N) is 2. The largest absolute Gasteiger partial charge is 0.456 e. The number of nitro benzene ring substituents is 1. The fraction of sp³-hybridized carbons (Fsp3) is 0.0455. The highest BCUT2D eigenvalue weighted by Crippen LogP contribution is 2.31. The van der Waals surface area contributed by atoms with E-state index in [4.69, 9.17) is 4.42 Å². The number of hydrogen-bond donors (Lipinski definition) is 2. The first-order valence-electron chi connectivity index (χ1n) is 9.02. The van der Waals surface area contributed by atoms with Gasteiger partial charge in [-0.15, -0.1) is 0 Å². The van der Waals surface area contributed by atoms with Crippen molar-refractivity contribution in [2.24, 2.45) is 0 Å². The van der Waals surface area contributed by atoms with Crippen LogP contribution in [-0.4, -0.2) is 16.7 Å². The zero-order valence-corrected chi connectivity index (χ0v) is 16.3. The first-order chi connectivity index (χ1) is 14.9. The van der Waals surface area contributed by atoms with E-state index < -0.39 is 10.8 Å². The summed E-state index contributed by atoms with van der Waals surface area (Å²) in [6, 6.07) is 17.3. The molecule has 0 fully saturated rings. The molecule has 31 heavy (non-hydrogen) atoms. The quantitative estimate of drug-likeness (QED) is 0.265. The zero-order chi connectivity index (χ0) is 22.4. The molecule has 9 heteroatoms. The zero-order valence-electron chi connectivity index (χ0n) is 16.3. The Kier molecular flexibility index (Phi) is 6.23. The maximum Gasteiger partial charge on any atom is 0.280 e. The number of nitro groups is 1. The molecule has 1 heterocycles. The number of furan rings is 1. The summed E-state index contributed by atoms with van der Waals surface area (Å²) in [7, 11) is 0. The second-order valence-electron chi connectivity index (χ2n) is 6.36. The minimum Gasteiger partial charge on any atom is -0.456 e. The van der Waals surface area contributed by atoms with Crippen LogP contribution in [0.2, 0.25) is 0 Å². The van der Waals surface area contributed by atoms with Crippen LogP contribution < -0.4 is 10.6 Å². The van der Waals surface area contributed by atoms with Crippen molar-refractivity contribution in [3.63, 3.8) is 0 Å². The average Bonchev–Trinajstić information content (AvgIpc) is 3.21. The summed E-state index contributed by atoms with van der Waals surface area (Å²) in [4.78, 5) is 34.2. The topological polar surface area (TPSA) is 138 Å². The van der Waals surface area contributed by atoms with Gasteiger partial charge in [-0.1, -0.05) is 12.1 Å². The van der Waals surface area contributed by atoms with Gasteiger partial charge in [0.1, 0.15) is 23.2 Å². The second kappa shape index (κ2) is 9.19. The monoisotopic (exact) mass is 416 g/mol. The Hall–Kier alpha value is -4.71. The third-order valence-electron chi connectivity index (χ3n) is 4.11. The fourth-order valence-electron chi connectivity index (χ4n) is 2.75. The number of para-hydroxylation sites is 1. The van der Waals surface area contributed by atoms with Crippen LogP contribution in [0, 0.1) is 21.4 Å². The summed E-state index contributed by atoms with van der Waals surface area (Å²) in [6.45, 7) is 1.38. The molecule has 0 saturated heterocycles. The molecule has 9 nitrogen and oxygen atoms in total. The molecular weight excluding hydrogens is 400 g/mol. The van der Waals surface area contributed by atoms with Crippen LogP contribution in [0.15, 0.2) is 70.7 Å². The Morgan fingerprint density at radius 1 is 1.03 bits per heavy atom. The molecule has 0 saturated carbocycles. The first kappa shape index (κ1) is 21.0. The lowest BCUT2D eigenvalue weighted by atomic mass is 10.1. The maximum absolute atomic E-state index is 12.4. The summed E-state index contributed by atoms with van der Waals surface area (Å²) in [5.74, 6) is -0.436. The third kappa shape index (κ3) is 5.21. The van der Waals surface area contributed by atoms with E-state index in [1.54, 1.807) is 42.5 Å². The summed E-state index contributed by atoms with van der Waals surface area (Å²) in [6.07, 6.45) is 1.25. The van der Waals surface area contributed by atoms with E-state index in [9.17, 15) is 25.0 Å². The Labute approximate surface area is 176 Å². The van der Waals surface area contributed by atoms with Crippen molar-refractivity contribution in [3.05, 3.63) is 82.1 Å². The molecule has 0 unspecified atom stereocenters. The van der Waals surface area contributed by atoms with Crippen LogP contribution in [0.4, 0.5) is 17.1 Å². The standard InChI is InChI=1S/C22H16N4O5/c1-14(27)24-16-6-8-17(9-7-16)25-22(28)15(13-23)12-18-10-11-21(31-18)19-4-2-3-5-20(19)26(29)30/h2-12H,1H3,(H,24,27)(H,25,28). The second-order valence-corrected chi connectivity index (χ2v) is 6.36. The van der Waals surface area contributed by atoms with E-state index in [1.807, 2.05) is 6.07 Å². The summed E-state index contributed by atoms with van der Waals surface area (Å²) >= 11 is 0. The Morgan fingerprint density at radius 3 is 2.29 bits per heavy atom. The van der Waals surface area contributed by atoms with Crippen molar-refractivity contribution in [2.75, 3.05) is 10.6 Å². The van der Waals surface area contributed by atoms with Crippen LogP contribution in [-0.2, 0) is 9.59 Å². The first-order valence-corrected chi connectivity index (χ1v) is 9.02. The lowest BCUT2D eigenvalue weighted by Crippen LogP contribution is -2.13. The molecular formula is C22H16N4O5. The highest BCUT2D eigenvalue weighted by atomic mass is 16.6. The van der Waals surface area contributed by atoms with Crippen molar-refractivity contribution >= 4 is 35.0 Å². The summed E-state index contributed by atoms with van der Waals surface area (Å²) in [5.41, 5.74) is 0.956. The lowest BCUT2D eigenvalue weighted by Gasteiger charge is -2.06. The Balaban J connectivity index is 1.78. The molecule has 1 aromatic heterocycles. The van der Waals surface area contributed by atoms with Crippen molar-refractivity contribution in [2.45, 2.75) is 6.92 Å². The number of rotatable bonds is 6. The van der Waals surface area contributed by atoms with Gasteiger partial charge >= 0.3 is 0 Å². The maximum atomic E-state index is 12.4. The number of nitrogens with zero attached hydrogens (tertiary/aromatic N) is 2. The number of amides is 2. The van der Waals surface area contributed by atoms with Crippen molar-refractivity contribution in [1.29, 1.82) is 5.26 Å². The van der Waals surface area contributed by atoms with E-state index in [0.717, 1.165) is 0 Å². The van der Waals surface area contributed by atoms with E-state index in [2.05, 4.69) is 10.6 Å². The van der Waals surface area contributed by atoms with Crippen molar-refractivity contribution in [3.8, 4) is 17.4 Å². The molecule has 2 N–H and O–H groups in total. The molecule has 0 atom stereocenters. The lowest BCUT2D eigenvalue weighted by molar-refractivity contribution is -0.384. The van der Waals surface area contributed by atoms with Crippen molar-refractivity contribution in [1.82, 2.24) is 0 Å². The molecule has 0 radical (unpaired) electrons. The van der Waals surface area contributed by atoms with E-state index in [0.29, 0.717) is 11.4 Å². The number of carbonyl (C=O) groups excluding carboxylic acids is 2. The Bertz CT molecular complexity index is 1220. The number of carbonyl (C=O) groups is 2. The number of hydrogen-bond acceptors (Lipinski definition) is 6. The molecule has 0 aliphatic carbocycles. The van der Waals surface area contributed by atoms with Crippen LogP contribution >= 0.6 is 0 Å². The molecule has 2 amide bonds. The summed E-state index contributed by atoms with van der Waals surface area (Å²) < 4.78 is 5.59. The predicted octanol–water partition coefficient (Wildman–Crippen LogP) is 4.36. The van der Waals surface area contributed by atoms with Crippen LogP contribution in [0.5, 0.6) is 0 Å². The van der Waals surface area contributed by atoms with Crippen LogP contribution in [0.25, 0.3) is 17.4 Å². The van der Waals surface area contributed by atoms with Gasteiger partial charge in [0, 0.05) is 30.4 Å². The molecule has 3 aromatic rings. The highest BCUT2D eigenvalue weighted by molar-refractivity contribution is 6.09. The third-order valence-corrected chi connectivity index (χ3v) is 4.11. The minimum atomic E-state index is -0.654. The van der Waals surface area contributed by atoms with Crippen LogP contribution in [0.1, 0.15) is 12.7 Å². The van der Waals surface area contributed by atoms with Gasteiger partial charge in [-0.05, 0) is 42.5 Å². The van der Waals surface area contributed by atoms with Gasteiger partial charge in [-0.3, -0.25) is 19.7 Å². The van der Waals surface area contributed by atoms with Gasteiger partial charge in [-0.25, -0.2) is 0 Å². The molecule has 3 rings (SSSR count). The van der Waals surface area contributed by atoms with Gasteiger partial charge in [0.15, 0.2) is 0 Å². The van der Waals surface area contributed by atoms with Gasteiger partial charge in [-0.2, -0.15) is 5.26 Å². The molecule has 154 valence electrons. The molecule has 0 aliphatic rings. The predicted molar refractivity (Wildman–Crippen MR) is 114 cm³/mol. The van der Waals surface area contributed by atoms with Gasteiger partial charge in [0.05, 0.1) is 10.5 Å². The van der Waals surface area contributed by atoms with Gasteiger partial charge < -0.3 is 15.1 Å². The van der Waals surface area contributed by atoms with E-state index >= 15 is 0 Å². The van der Waals surface area contributed by atoms with E-state index in [1.165, 1.54) is 31.2 Å². The van der Waals surface area contributed by atoms with Gasteiger partial charge in [0.2, 0.25) is 5.91 Å². The summed E-state index contributed by atoms with van der Waals surface area (Å²) in [5, 5.41) is 25.8.